The number of fused-ring (bicyclic) bond motifs is 4. The highest BCUT2D eigenvalue weighted by Crippen LogP contribution is 2.42. The Bertz CT molecular complexity index is 896. The molecule has 5 rings (SSSR count). The van der Waals surface area contributed by atoms with E-state index >= 15 is 0 Å². The third-order valence-corrected chi connectivity index (χ3v) is 7.25. The standard InChI is InChI=1S/C24H16Cl4/c25-21-9-17-5-13-1-2-14-6-18-10-22(26)24(28)12-20(18)8-16(14)4-3-15(13)7-19(17)11-23(21)27/h1-12,17-20H/b2-1-,4-3-/t17-,18+,19?,20?. The molecule has 0 amide bonds. The van der Waals surface area contributed by atoms with Gasteiger partial charge in [0.15, 0.2) is 0 Å². The number of allylic oxidation sites excluding steroid dienone is 20. The maximum atomic E-state index is 6.23. The molecule has 0 N–H and O–H groups in total. The summed E-state index contributed by atoms with van der Waals surface area (Å²) in [6.07, 6.45) is 25.9. The monoisotopic (exact) mass is 444 g/mol. The van der Waals surface area contributed by atoms with E-state index in [-0.39, 0.29) is 23.7 Å². The summed E-state index contributed by atoms with van der Waals surface area (Å²) >= 11 is 24.9. The quantitative estimate of drug-likeness (QED) is 0.356. The molecule has 0 aromatic heterocycles. The van der Waals surface area contributed by atoms with E-state index in [0.717, 1.165) is 0 Å². The lowest BCUT2D eigenvalue weighted by molar-refractivity contribution is 0.647. The zero-order valence-corrected chi connectivity index (χ0v) is 17.8. The zero-order chi connectivity index (χ0) is 19.4. The Morgan fingerprint density at radius 2 is 0.571 bits per heavy atom. The Balaban J connectivity index is 1.53. The number of hydrogen-bond acceptors (Lipinski definition) is 0. The van der Waals surface area contributed by atoms with Gasteiger partial charge in [0.05, 0.1) is 20.1 Å². The van der Waals surface area contributed by atoms with E-state index in [1.807, 2.05) is 24.3 Å². The molecule has 0 saturated carbocycles. The van der Waals surface area contributed by atoms with Gasteiger partial charge in [0, 0.05) is 23.7 Å². The molecule has 0 aromatic rings. The fourth-order valence-corrected chi connectivity index (χ4v) is 5.09. The van der Waals surface area contributed by atoms with Crippen LogP contribution in [0.15, 0.2) is 115 Å². The molecular weight excluding hydrogens is 430 g/mol. The molecule has 0 aliphatic heterocycles. The molecule has 0 nitrogen and oxygen atoms in total. The largest absolute Gasteiger partial charge is 0.0831 e. The van der Waals surface area contributed by atoms with Crippen molar-refractivity contribution < 1.29 is 0 Å². The maximum Gasteiger partial charge on any atom is 0.0555 e. The van der Waals surface area contributed by atoms with Gasteiger partial charge < -0.3 is 0 Å². The van der Waals surface area contributed by atoms with Crippen LogP contribution in [0.2, 0.25) is 0 Å². The molecule has 0 radical (unpaired) electrons. The van der Waals surface area contributed by atoms with Crippen LogP contribution in [0.5, 0.6) is 0 Å². The van der Waals surface area contributed by atoms with E-state index in [1.54, 1.807) is 0 Å². The highest BCUT2D eigenvalue weighted by atomic mass is 35.5. The van der Waals surface area contributed by atoms with Gasteiger partial charge in [0.1, 0.15) is 0 Å². The van der Waals surface area contributed by atoms with E-state index in [4.69, 9.17) is 46.4 Å². The van der Waals surface area contributed by atoms with Gasteiger partial charge >= 0.3 is 0 Å². The van der Waals surface area contributed by atoms with Gasteiger partial charge in [-0.3, -0.25) is 0 Å². The van der Waals surface area contributed by atoms with E-state index in [1.165, 1.54) is 22.3 Å². The van der Waals surface area contributed by atoms with Crippen molar-refractivity contribution in [3.63, 3.8) is 0 Å². The molecule has 2 unspecified atom stereocenters. The molecule has 0 aromatic carbocycles. The van der Waals surface area contributed by atoms with Crippen molar-refractivity contribution in [1.82, 2.24) is 0 Å². The van der Waals surface area contributed by atoms with Crippen LogP contribution in [0, 0.1) is 23.7 Å². The SMILES string of the molecule is ClC1=CC2C=C3/C=C\C4=CC5C=C(Cl)C(Cl)=C[C@H]5C=C4/C=C\C3=C[C@H]2C=C1Cl. The van der Waals surface area contributed by atoms with Crippen LogP contribution in [-0.2, 0) is 0 Å². The molecule has 5 aliphatic rings. The summed E-state index contributed by atoms with van der Waals surface area (Å²) in [4.78, 5) is 0. The summed E-state index contributed by atoms with van der Waals surface area (Å²) in [6, 6.07) is 0. The molecule has 4 atom stereocenters. The molecule has 0 fully saturated rings. The Hall–Kier alpha value is -1.44. The molecule has 28 heavy (non-hydrogen) atoms. The second-order valence-electron chi connectivity index (χ2n) is 7.52. The lowest BCUT2D eigenvalue weighted by Crippen LogP contribution is -2.17. The molecule has 4 heteroatoms. The molecule has 0 bridgehead atoms. The van der Waals surface area contributed by atoms with Crippen LogP contribution < -0.4 is 0 Å². The summed E-state index contributed by atoms with van der Waals surface area (Å²) < 4.78 is 0. The maximum absolute atomic E-state index is 6.23. The van der Waals surface area contributed by atoms with Crippen LogP contribution in [-0.4, -0.2) is 0 Å². The van der Waals surface area contributed by atoms with Crippen LogP contribution in [0.3, 0.4) is 0 Å². The van der Waals surface area contributed by atoms with Gasteiger partial charge in [0.25, 0.3) is 0 Å². The summed E-state index contributed by atoms with van der Waals surface area (Å²) in [5, 5.41) is 2.50. The van der Waals surface area contributed by atoms with Gasteiger partial charge in [-0.25, -0.2) is 0 Å². The van der Waals surface area contributed by atoms with Gasteiger partial charge in [-0.2, -0.15) is 0 Å². The first-order valence-corrected chi connectivity index (χ1v) is 10.7. The number of halogens is 4. The Morgan fingerprint density at radius 1 is 0.357 bits per heavy atom. The second kappa shape index (κ2) is 7.11. The molecular formula is C24H16Cl4. The van der Waals surface area contributed by atoms with E-state index in [9.17, 15) is 0 Å². The third kappa shape index (κ3) is 3.27. The predicted octanol–water partition coefficient (Wildman–Crippen LogP) is 7.83. The summed E-state index contributed by atoms with van der Waals surface area (Å²) in [6.45, 7) is 0. The van der Waals surface area contributed by atoms with Crippen LogP contribution in [0.25, 0.3) is 0 Å². The first-order valence-electron chi connectivity index (χ1n) is 9.22. The lowest BCUT2D eigenvalue weighted by atomic mass is 9.76. The minimum atomic E-state index is 0.235. The zero-order valence-electron chi connectivity index (χ0n) is 14.7. The molecule has 0 saturated heterocycles. The van der Waals surface area contributed by atoms with Crippen LogP contribution >= 0.6 is 46.4 Å². The summed E-state index contributed by atoms with van der Waals surface area (Å²) in [5.74, 6) is 0.938. The van der Waals surface area contributed by atoms with Gasteiger partial charge in [-0.05, 0) is 22.3 Å². The minimum absolute atomic E-state index is 0.235. The first-order chi connectivity index (χ1) is 13.5. The fraction of sp³-hybridized carbons (Fsp3) is 0.167. The summed E-state index contributed by atoms with van der Waals surface area (Å²) in [5.41, 5.74) is 4.80. The van der Waals surface area contributed by atoms with Gasteiger partial charge in [0.2, 0.25) is 0 Å². The van der Waals surface area contributed by atoms with Crippen molar-refractivity contribution in [2.75, 3.05) is 0 Å². The van der Waals surface area contributed by atoms with Gasteiger partial charge in [-0.15, -0.1) is 0 Å². The minimum Gasteiger partial charge on any atom is -0.0831 e. The normalized spacial score (nSPS) is 35.3. The Labute approximate surface area is 184 Å². The van der Waals surface area contributed by atoms with Crippen molar-refractivity contribution in [1.29, 1.82) is 0 Å². The van der Waals surface area contributed by atoms with Crippen LogP contribution in [0.4, 0.5) is 0 Å². The molecule has 0 heterocycles. The predicted molar refractivity (Wildman–Crippen MR) is 120 cm³/mol. The smallest absolute Gasteiger partial charge is 0.0555 e. The number of rotatable bonds is 0. The molecule has 140 valence electrons. The highest BCUT2D eigenvalue weighted by Gasteiger charge is 2.27. The average Bonchev–Trinajstić information content (AvgIpc) is 2.65. The van der Waals surface area contributed by atoms with Crippen molar-refractivity contribution in [3.8, 4) is 0 Å². The lowest BCUT2D eigenvalue weighted by Gasteiger charge is -2.29. The van der Waals surface area contributed by atoms with Gasteiger partial charge in [-0.1, -0.05) is 119 Å². The molecule has 0 spiro atoms. The van der Waals surface area contributed by atoms with Crippen LogP contribution in [0.1, 0.15) is 0 Å². The van der Waals surface area contributed by atoms with E-state index in [0.29, 0.717) is 20.1 Å². The van der Waals surface area contributed by atoms with Crippen molar-refractivity contribution in [2.45, 2.75) is 0 Å². The van der Waals surface area contributed by atoms with Crippen molar-refractivity contribution in [2.24, 2.45) is 23.7 Å². The Morgan fingerprint density at radius 3 is 0.786 bits per heavy atom. The first kappa shape index (κ1) is 18.6. The second-order valence-corrected chi connectivity index (χ2v) is 9.15. The number of hydrogen-bond donors (Lipinski definition) is 0. The van der Waals surface area contributed by atoms with E-state index in [2.05, 4.69) is 48.6 Å². The van der Waals surface area contributed by atoms with Crippen molar-refractivity contribution >= 4 is 46.4 Å². The van der Waals surface area contributed by atoms with Crippen molar-refractivity contribution in [3.05, 3.63) is 115 Å². The molecule has 5 aliphatic carbocycles. The van der Waals surface area contributed by atoms with E-state index < -0.39 is 0 Å². The topological polar surface area (TPSA) is 0 Å². The third-order valence-electron chi connectivity index (χ3n) is 5.74. The Kier molecular flexibility index (Phi) is 4.72. The fourth-order valence-electron chi connectivity index (χ4n) is 4.26. The average molecular weight is 446 g/mol. The summed E-state index contributed by atoms with van der Waals surface area (Å²) in [7, 11) is 0. The highest BCUT2D eigenvalue weighted by molar-refractivity contribution is 6.44.